The molecule has 0 aliphatic heterocycles. The standard InChI is InChI=1S/C22H28N4O3S2/c1-4-12-25-20-11-10-18(31(23,28)29)13-19(20)24-22(25)30-15-21(27)26(16(2)3)14-17-8-6-5-7-9-17/h5-11,13,16H,4,12,14-15H2,1-3H3,(H2,23,28,29). The lowest BCUT2D eigenvalue weighted by Gasteiger charge is -2.27. The first-order valence-corrected chi connectivity index (χ1v) is 12.7. The predicted molar refractivity (Wildman–Crippen MR) is 124 cm³/mol. The minimum Gasteiger partial charge on any atom is -0.335 e. The van der Waals surface area contributed by atoms with Crippen molar-refractivity contribution in [2.75, 3.05) is 5.75 Å². The van der Waals surface area contributed by atoms with E-state index >= 15 is 0 Å². The highest BCUT2D eigenvalue weighted by molar-refractivity contribution is 7.99. The highest BCUT2D eigenvalue weighted by atomic mass is 32.2. The topological polar surface area (TPSA) is 98.3 Å². The fourth-order valence-electron chi connectivity index (χ4n) is 3.36. The molecular formula is C22H28N4O3S2. The minimum absolute atomic E-state index is 0.0302. The molecule has 1 amide bonds. The summed E-state index contributed by atoms with van der Waals surface area (Å²) < 4.78 is 25.4. The van der Waals surface area contributed by atoms with Gasteiger partial charge in [-0.1, -0.05) is 49.0 Å². The molecule has 166 valence electrons. The van der Waals surface area contributed by atoms with Crippen LogP contribution < -0.4 is 5.14 Å². The van der Waals surface area contributed by atoms with E-state index in [0.717, 1.165) is 24.0 Å². The van der Waals surface area contributed by atoms with Crippen molar-refractivity contribution in [1.82, 2.24) is 14.5 Å². The highest BCUT2D eigenvalue weighted by Crippen LogP contribution is 2.27. The minimum atomic E-state index is -3.80. The number of thioether (sulfide) groups is 1. The van der Waals surface area contributed by atoms with Crippen LogP contribution in [0.2, 0.25) is 0 Å². The van der Waals surface area contributed by atoms with Gasteiger partial charge in [0.1, 0.15) is 0 Å². The van der Waals surface area contributed by atoms with E-state index < -0.39 is 10.0 Å². The number of nitrogens with two attached hydrogens (primary N) is 1. The lowest BCUT2D eigenvalue weighted by Crippen LogP contribution is -2.37. The molecule has 0 saturated carbocycles. The van der Waals surface area contributed by atoms with Gasteiger partial charge in [0, 0.05) is 19.1 Å². The number of carbonyl (C=O) groups excluding carboxylic acids is 1. The molecule has 0 bridgehead atoms. The number of hydrogen-bond donors (Lipinski definition) is 1. The van der Waals surface area contributed by atoms with E-state index in [1.54, 1.807) is 6.07 Å². The summed E-state index contributed by atoms with van der Waals surface area (Å²) in [7, 11) is -3.80. The van der Waals surface area contributed by atoms with Gasteiger partial charge in [-0.2, -0.15) is 0 Å². The normalized spacial score (nSPS) is 11.9. The molecule has 1 aromatic heterocycles. The van der Waals surface area contributed by atoms with Crippen LogP contribution in [0.15, 0.2) is 58.6 Å². The Hall–Kier alpha value is -2.36. The van der Waals surface area contributed by atoms with Gasteiger partial charge < -0.3 is 9.47 Å². The Kier molecular flexibility index (Phi) is 7.40. The number of benzene rings is 2. The summed E-state index contributed by atoms with van der Waals surface area (Å²) in [4.78, 5) is 19.5. The summed E-state index contributed by atoms with van der Waals surface area (Å²) >= 11 is 1.37. The zero-order chi connectivity index (χ0) is 22.6. The number of rotatable bonds is 9. The van der Waals surface area contributed by atoms with Gasteiger partial charge in [0.2, 0.25) is 15.9 Å². The summed E-state index contributed by atoms with van der Waals surface area (Å²) in [6, 6.07) is 14.7. The Balaban J connectivity index is 1.82. The van der Waals surface area contributed by atoms with Crippen molar-refractivity contribution >= 4 is 38.7 Å². The number of fused-ring (bicyclic) bond motifs is 1. The molecule has 0 atom stereocenters. The second-order valence-electron chi connectivity index (χ2n) is 7.63. The maximum absolute atomic E-state index is 13.0. The van der Waals surface area contributed by atoms with Gasteiger partial charge >= 0.3 is 0 Å². The first-order valence-electron chi connectivity index (χ1n) is 10.2. The number of hydrogen-bond acceptors (Lipinski definition) is 5. The van der Waals surface area contributed by atoms with Crippen LogP contribution in [-0.4, -0.2) is 40.6 Å². The number of aromatic nitrogens is 2. The number of aryl methyl sites for hydroxylation is 1. The third kappa shape index (κ3) is 5.66. The average Bonchev–Trinajstić information content (AvgIpc) is 3.07. The van der Waals surface area contributed by atoms with Gasteiger partial charge in [-0.15, -0.1) is 0 Å². The van der Waals surface area contributed by atoms with Crippen LogP contribution in [0.1, 0.15) is 32.8 Å². The van der Waals surface area contributed by atoms with Crippen molar-refractivity contribution in [2.45, 2.75) is 56.4 Å². The SMILES string of the molecule is CCCn1c(SCC(=O)N(Cc2ccccc2)C(C)C)nc2cc(S(N)(=O)=O)ccc21. The Labute approximate surface area is 187 Å². The molecule has 0 unspecified atom stereocenters. The molecule has 0 spiro atoms. The summed E-state index contributed by atoms with van der Waals surface area (Å²) in [6.45, 7) is 7.35. The maximum Gasteiger partial charge on any atom is 0.238 e. The van der Waals surface area contributed by atoms with Gasteiger partial charge in [0.05, 0.1) is 21.7 Å². The molecular weight excluding hydrogens is 432 g/mol. The highest BCUT2D eigenvalue weighted by Gasteiger charge is 2.20. The number of sulfonamides is 1. The molecule has 2 N–H and O–H groups in total. The molecule has 3 rings (SSSR count). The number of primary sulfonamides is 1. The van der Waals surface area contributed by atoms with E-state index in [2.05, 4.69) is 11.9 Å². The molecule has 2 aromatic carbocycles. The van der Waals surface area contributed by atoms with Crippen molar-refractivity contribution in [3.05, 3.63) is 54.1 Å². The molecule has 1 heterocycles. The van der Waals surface area contributed by atoms with E-state index in [1.807, 2.05) is 53.6 Å². The van der Waals surface area contributed by atoms with Crippen LogP contribution in [0.25, 0.3) is 11.0 Å². The largest absolute Gasteiger partial charge is 0.335 e. The molecule has 0 aliphatic carbocycles. The third-order valence-corrected chi connectivity index (χ3v) is 6.80. The van der Waals surface area contributed by atoms with Crippen molar-refractivity contribution in [3.8, 4) is 0 Å². The Morgan fingerprint density at radius 1 is 1.19 bits per heavy atom. The van der Waals surface area contributed by atoms with Crippen molar-refractivity contribution < 1.29 is 13.2 Å². The Morgan fingerprint density at radius 3 is 2.52 bits per heavy atom. The van der Waals surface area contributed by atoms with Gasteiger partial charge in [-0.05, 0) is 44.0 Å². The van der Waals surface area contributed by atoms with E-state index in [0.29, 0.717) is 17.2 Å². The smallest absolute Gasteiger partial charge is 0.238 e. The van der Waals surface area contributed by atoms with Crippen LogP contribution in [0.3, 0.4) is 0 Å². The van der Waals surface area contributed by atoms with Crippen molar-refractivity contribution in [3.63, 3.8) is 0 Å². The lowest BCUT2D eigenvalue weighted by molar-refractivity contribution is -0.130. The Bertz CT molecular complexity index is 1160. The third-order valence-electron chi connectivity index (χ3n) is 4.92. The zero-order valence-corrected chi connectivity index (χ0v) is 19.6. The zero-order valence-electron chi connectivity index (χ0n) is 18.0. The van der Waals surface area contributed by atoms with Crippen LogP contribution >= 0.6 is 11.8 Å². The van der Waals surface area contributed by atoms with Crippen LogP contribution in [0.5, 0.6) is 0 Å². The molecule has 3 aromatic rings. The second-order valence-corrected chi connectivity index (χ2v) is 10.1. The van der Waals surface area contributed by atoms with Gasteiger partial charge in [-0.3, -0.25) is 4.79 Å². The van der Waals surface area contributed by atoms with Crippen LogP contribution in [0.4, 0.5) is 0 Å². The van der Waals surface area contributed by atoms with E-state index in [-0.39, 0.29) is 22.6 Å². The quantitative estimate of drug-likeness (QED) is 0.492. The Morgan fingerprint density at radius 2 is 1.90 bits per heavy atom. The fourth-order valence-corrected chi connectivity index (χ4v) is 4.82. The predicted octanol–water partition coefficient (Wildman–Crippen LogP) is 3.62. The van der Waals surface area contributed by atoms with E-state index in [4.69, 9.17) is 5.14 Å². The van der Waals surface area contributed by atoms with Gasteiger partial charge in [0.25, 0.3) is 0 Å². The van der Waals surface area contributed by atoms with Crippen molar-refractivity contribution in [1.29, 1.82) is 0 Å². The summed E-state index contributed by atoms with van der Waals surface area (Å²) in [5.41, 5.74) is 2.47. The summed E-state index contributed by atoms with van der Waals surface area (Å²) in [5.74, 6) is 0.282. The van der Waals surface area contributed by atoms with Crippen LogP contribution in [0, 0.1) is 0 Å². The lowest BCUT2D eigenvalue weighted by atomic mass is 10.2. The summed E-state index contributed by atoms with van der Waals surface area (Å²) in [6.07, 6.45) is 0.885. The van der Waals surface area contributed by atoms with E-state index in [1.165, 1.54) is 23.9 Å². The molecule has 7 nitrogen and oxygen atoms in total. The first-order chi connectivity index (χ1) is 14.7. The van der Waals surface area contributed by atoms with Crippen molar-refractivity contribution in [2.24, 2.45) is 5.14 Å². The van der Waals surface area contributed by atoms with Crippen LogP contribution in [-0.2, 0) is 27.9 Å². The molecule has 9 heteroatoms. The number of imidazole rings is 1. The van der Waals surface area contributed by atoms with Gasteiger partial charge in [-0.25, -0.2) is 18.5 Å². The number of amides is 1. The maximum atomic E-state index is 13.0. The molecule has 0 fully saturated rings. The molecule has 31 heavy (non-hydrogen) atoms. The monoisotopic (exact) mass is 460 g/mol. The second kappa shape index (κ2) is 9.84. The van der Waals surface area contributed by atoms with Gasteiger partial charge in [0.15, 0.2) is 5.16 Å². The fraction of sp³-hybridized carbons (Fsp3) is 0.364. The summed E-state index contributed by atoms with van der Waals surface area (Å²) in [5, 5.41) is 5.95. The first kappa shape index (κ1) is 23.3. The molecule has 0 radical (unpaired) electrons. The average molecular weight is 461 g/mol. The molecule has 0 saturated heterocycles. The van der Waals surface area contributed by atoms with E-state index in [9.17, 15) is 13.2 Å². The number of nitrogens with zero attached hydrogens (tertiary/aromatic N) is 3. The number of carbonyl (C=O) groups is 1. The molecule has 0 aliphatic rings.